The molecule has 2 aromatic rings. The molecule has 4 nitrogen and oxygen atoms in total. The van der Waals surface area contributed by atoms with E-state index in [9.17, 15) is 0 Å². The van der Waals surface area contributed by atoms with Crippen LogP contribution in [0.25, 0.3) is 0 Å². The molecule has 0 aliphatic rings. The van der Waals surface area contributed by atoms with Crippen LogP contribution in [0.2, 0.25) is 0 Å². The Hall–Kier alpha value is -1.81. The maximum atomic E-state index is 5.09. The number of nitrogens with one attached hydrogen (secondary N) is 1. The van der Waals surface area contributed by atoms with Gasteiger partial charge in [-0.15, -0.1) is 0 Å². The van der Waals surface area contributed by atoms with Crippen LogP contribution in [0.5, 0.6) is 0 Å². The molecule has 1 atom stereocenters. The topological polar surface area (TPSA) is 39.1 Å². The molecule has 1 N–H and O–H groups in total. The first kappa shape index (κ1) is 14.6. The second kappa shape index (κ2) is 7.70. The lowest BCUT2D eigenvalue weighted by molar-refractivity contribution is 0.190. The fourth-order valence-corrected chi connectivity index (χ4v) is 2.25. The summed E-state index contributed by atoms with van der Waals surface area (Å²) in [5.41, 5.74) is 1.34. The zero-order valence-electron chi connectivity index (χ0n) is 12.2. The van der Waals surface area contributed by atoms with Gasteiger partial charge in [0.15, 0.2) is 0 Å². The van der Waals surface area contributed by atoms with Gasteiger partial charge in [-0.25, -0.2) is 4.98 Å². The Balaban J connectivity index is 1.88. The monoisotopic (exact) mass is 273 g/mol. The summed E-state index contributed by atoms with van der Waals surface area (Å²) in [4.78, 5) is 4.39. The summed E-state index contributed by atoms with van der Waals surface area (Å²) in [6.45, 7) is 3.88. The average molecular weight is 273 g/mol. The number of imidazole rings is 1. The molecular formula is C16H23N3O. The lowest BCUT2D eigenvalue weighted by Gasteiger charge is -2.16. The smallest absolute Gasteiger partial charge is 0.202 e. The predicted molar refractivity (Wildman–Crippen MR) is 82.0 cm³/mol. The van der Waals surface area contributed by atoms with Crippen molar-refractivity contribution in [3.63, 3.8) is 0 Å². The number of hydrogen-bond donors (Lipinski definition) is 1. The summed E-state index contributed by atoms with van der Waals surface area (Å²) in [5, 5.41) is 3.48. The zero-order valence-corrected chi connectivity index (χ0v) is 12.2. The molecule has 0 saturated carbocycles. The van der Waals surface area contributed by atoms with Gasteiger partial charge in [-0.05, 0) is 25.3 Å². The summed E-state index contributed by atoms with van der Waals surface area (Å²) >= 11 is 0. The Morgan fingerprint density at radius 1 is 1.30 bits per heavy atom. The quantitative estimate of drug-likeness (QED) is 0.752. The molecule has 20 heavy (non-hydrogen) atoms. The van der Waals surface area contributed by atoms with Crippen LogP contribution < -0.4 is 5.32 Å². The summed E-state index contributed by atoms with van der Waals surface area (Å²) in [6, 6.07) is 10.9. The molecule has 0 saturated heterocycles. The molecule has 1 heterocycles. The van der Waals surface area contributed by atoms with Crippen molar-refractivity contribution in [1.29, 1.82) is 0 Å². The molecule has 4 heteroatoms. The first-order chi connectivity index (χ1) is 9.79. The standard InChI is InChI=1S/C16H23N3O/c1-14(13-15-7-4-3-5-8-15)18-16-17-9-11-19(16)10-6-12-20-2/h3-5,7-9,11,14H,6,10,12-13H2,1-2H3,(H,17,18). The van der Waals surface area contributed by atoms with E-state index >= 15 is 0 Å². The number of anilines is 1. The lowest BCUT2D eigenvalue weighted by Crippen LogP contribution is -2.21. The molecule has 1 aromatic heterocycles. The summed E-state index contributed by atoms with van der Waals surface area (Å²) in [7, 11) is 1.73. The van der Waals surface area contributed by atoms with E-state index < -0.39 is 0 Å². The number of ether oxygens (including phenoxy) is 1. The molecule has 1 aromatic carbocycles. The third-order valence-corrected chi connectivity index (χ3v) is 3.22. The average Bonchev–Trinajstić information content (AvgIpc) is 2.87. The van der Waals surface area contributed by atoms with Crippen LogP contribution in [0.4, 0.5) is 5.95 Å². The molecule has 0 aliphatic heterocycles. The van der Waals surface area contributed by atoms with E-state index in [1.165, 1.54) is 5.56 Å². The van der Waals surface area contributed by atoms with E-state index in [1.54, 1.807) is 7.11 Å². The van der Waals surface area contributed by atoms with Gasteiger partial charge in [-0.3, -0.25) is 0 Å². The van der Waals surface area contributed by atoms with Crippen molar-refractivity contribution >= 4 is 5.95 Å². The van der Waals surface area contributed by atoms with Gasteiger partial charge in [0.2, 0.25) is 5.95 Å². The van der Waals surface area contributed by atoms with E-state index in [0.717, 1.165) is 31.9 Å². The summed E-state index contributed by atoms with van der Waals surface area (Å²) in [5.74, 6) is 0.935. The fourth-order valence-electron chi connectivity index (χ4n) is 2.25. The summed E-state index contributed by atoms with van der Waals surface area (Å²) < 4.78 is 7.23. The number of aryl methyl sites for hydroxylation is 1. The highest BCUT2D eigenvalue weighted by atomic mass is 16.5. The van der Waals surface area contributed by atoms with E-state index in [0.29, 0.717) is 6.04 Å². The lowest BCUT2D eigenvalue weighted by atomic mass is 10.1. The first-order valence-corrected chi connectivity index (χ1v) is 7.10. The fraction of sp³-hybridized carbons (Fsp3) is 0.438. The molecule has 0 bridgehead atoms. The van der Waals surface area contributed by atoms with Gasteiger partial charge < -0.3 is 14.6 Å². The van der Waals surface area contributed by atoms with E-state index in [4.69, 9.17) is 4.74 Å². The van der Waals surface area contributed by atoms with Crippen molar-refractivity contribution in [3.05, 3.63) is 48.3 Å². The minimum atomic E-state index is 0.348. The predicted octanol–water partition coefficient (Wildman–Crippen LogP) is 2.96. The number of rotatable bonds is 8. The Labute approximate surface area is 120 Å². The Bertz CT molecular complexity index is 495. The van der Waals surface area contributed by atoms with Gasteiger partial charge in [0.05, 0.1) is 0 Å². The van der Waals surface area contributed by atoms with Gasteiger partial charge >= 0.3 is 0 Å². The minimum Gasteiger partial charge on any atom is -0.385 e. The first-order valence-electron chi connectivity index (χ1n) is 7.10. The molecule has 1 unspecified atom stereocenters. The SMILES string of the molecule is COCCCn1ccnc1NC(C)Cc1ccccc1. The van der Waals surface area contributed by atoms with Crippen LogP contribution in [0.1, 0.15) is 18.9 Å². The molecular weight excluding hydrogens is 250 g/mol. The van der Waals surface area contributed by atoms with Gasteiger partial charge in [-0.1, -0.05) is 30.3 Å². The Kier molecular flexibility index (Phi) is 5.62. The van der Waals surface area contributed by atoms with Gasteiger partial charge in [0, 0.05) is 38.7 Å². The Morgan fingerprint density at radius 2 is 2.10 bits per heavy atom. The molecule has 2 rings (SSSR count). The maximum absolute atomic E-state index is 5.09. The molecule has 108 valence electrons. The largest absolute Gasteiger partial charge is 0.385 e. The van der Waals surface area contributed by atoms with Crippen LogP contribution >= 0.6 is 0 Å². The van der Waals surface area contributed by atoms with Crippen molar-refractivity contribution < 1.29 is 4.74 Å². The zero-order chi connectivity index (χ0) is 14.2. The van der Waals surface area contributed by atoms with Gasteiger partial charge in [0.1, 0.15) is 0 Å². The van der Waals surface area contributed by atoms with Crippen LogP contribution in [0.3, 0.4) is 0 Å². The third-order valence-electron chi connectivity index (χ3n) is 3.22. The highest BCUT2D eigenvalue weighted by Gasteiger charge is 2.07. The van der Waals surface area contributed by atoms with Gasteiger partial charge in [0.25, 0.3) is 0 Å². The van der Waals surface area contributed by atoms with E-state index in [2.05, 4.69) is 46.1 Å². The van der Waals surface area contributed by atoms with Crippen molar-refractivity contribution in [1.82, 2.24) is 9.55 Å². The van der Waals surface area contributed by atoms with E-state index in [1.807, 2.05) is 18.5 Å². The number of benzene rings is 1. The van der Waals surface area contributed by atoms with Crippen LogP contribution in [-0.4, -0.2) is 29.3 Å². The number of nitrogens with zero attached hydrogens (tertiary/aromatic N) is 2. The molecule has 0 aliphatic carbocycles. The van der Waals surface area contributed by atoms with Crippen LogP contribution in [0.15, 0.2) is 42.7 Å². The molecule has 0 spiro atoms. The molecule has 0 fully saturated rings. The number of aromatic nitrogens is 2. The van der Waals surface area contributed by atoms with Crippen molar-refractivity contribution in [3.8, 4) is 0 Å². The van der Waals surface area contributed by atoms with Crippen LogP contribution in [0, 0.1) is 0 Å². The normalized spacial score (nSPS) is 12.3. The van der Waals surface area contributed by atoms with Gasteiger partial charge in [-0.2, -0.15) is 0 Å². The highest BCUT2D eigenvalue weighted by Crippen LogP contribution is 2.10. The minimum absolute atomic E-state index is 0.348. The van der Waals surface area contributed by atoms with E-state index in [-0.39, 0.29) is 0 Å². The Morgan fingerprint density at radius 3 is 2.85 bits per heavy atom. The maximum Gasteiger partial charge on any atom is 0.202 e. The summed E-state index contributed by atoms with van der Waals surface area (Å²) in [6.07, 6.45) is 5.83. The second-order valence-electron chi connectivity index (χ2n) is 5.03. The van der Waals surface area contributed by atoms with Crippen molar-refractivity contribution in [2.24, 2.45) is 0 Å². The molecule has 0 radical (unpaired) electrons. The third kappa shape index (κ3) is 4.38. The number of methoxy groups -OCH3 is 1. The second-order valence-corrected chi connectivity index (χ2v) is 5.03. The van der Waals surface area contributed by atoms with Crippen LogP contribution in [-0.2, 0) is 17.7 Å². The van der Waals surface area contributed by atoms with Crippen molar-refractivity contribution in [2.45, 2.75) is 32.4 Å². The molecule has 0 amide bonds. The number of hydrogen-bond acceptors (Lipinski definition) is 3. The highest BCUT2D eigenvalue weighted by molar-refractivity contribution is 5.28. The van der Waals surface area contributed by atoms with Crippen molar-refractivity contribution in [2.75, 3.05) is 19.0 Å².